The van der Waals surface area contributed by atoms with E-state index in [2.05, 4.69) is 30.6 Å². The first-order chi connectivity index (χ1) is 45.5. The first-order valence-corrected chi connectivity index (χ1v) is 32.9. The largest absolute Gasteiger partial charge is 0.530 e. The van der Waals surface area contributed by atoms with E-state index in [0.717, 1.165) is 0 Å². The van der Waals surface area contributed by atoms with Gasteiger partial charge in [-0.15, -0.1) is 0 Å². The third-order valence-corrected chi connectivity index (χ3v) is 18.3. The molecule has 2 unspecified atom stereocenters. The van der Waals surface area contributed by atoms with Crippen LogP contribution in [0.1, 0.15) is 62.7 Å². The lowest BCUT2D eigenvalue weighted by atomic mass is 9.80. The van der Waals surface area contributed by atoms with Gasteiger partial charge in [-0.2, -0.15) is 4.98 Å². The Labute approximate surface area is 547 Å². The van der Waals surface area contributed by atoms with Crippen LogP contribution in [0.3, 0.4) is 0 Å². The van der Waals surface area contributed by atoms with Crippen LogP contribution in [0.15, 0.2) is 218 Å². The lowest BCUT2D eigenvalue weighted by Crippen LogP contribution is -2.38. The molecule has 2 fully saturated rings. The number of methoxy groups -OCH3 is 2. The van der Waals surface area contributed by atoms with Crippen molar-refractivity contribution in [2.75, 3.05) is 38.1 Å². The minimum atomic E-state index is -5.08. The Morgan fingerprint density at radius 1 is 0.596 bits per heavy atom. The second-order valence-electron chi connectivity index (χ2n) is 21.3. The molecule has 5 heterocycles. The monoisotopic (exact) mass is 1350 g/mol. The van der Waals surface area contributed by atoms with Gasteiger partial charge in [-0.25, -0.2) is 28.9 Å². The topological polar surface area (TPSA) is 283 Å². The van der Waals surface area contributed by atoms with Crippen molar-refractivity contribution in [2.24, 2.45) is 0 Å². The quantitative estimate of drug-likeness (QED) is 0.0354. The smallest absolute Gasteiger partial charge is 0.497 e. The molecule has 28 heteroatoms. The maximum Gasteiger partial charge on any atom is 0.530 e. The van der Waals surface area contributed by atoms with Crippen LogP contribution in [0, 0.1) is 0 Å². The average molecular weight is 1350 g/mol. The van der Waals surface area contributed by atoms with Gasteiger partial charge in [-0.05, 0) is 120 Å². The van der Waals surface area contributed by atoms with Crippen molar-refractivity contribution in [1.82, 2.24) is 29.1 Å². The molecule has 0 bridgehead atoms. The number of fused-ring (bicyclic) bond motifs is 1. The van der Waals surface area contributed by atoms with Crippen LogP contribution >= 0.6 is 38.8 Å². The van der Waals surface area contributed by atoms with Gasteiger partial charge in [0.05, 0.1) is 33.8 Å². The lowest BCUT2D eigenvalue weighted by Gasteiger charge is -2.37. The van der Waals surface area contributed by atoms with Crippen molar-refractivity contribution in [2.45, 2.75) is 55.3 Å². The summed E-state index contributed by atoms with van der Waals surface area (Å²) in [6.45, 7) is -1.07. The molecule has 12 rings (SSSR count). The molecule has 0 aliphatic carbocycles. The molecule has 2 amide bonds. The van der Waals surface area contributed by atoms with Gasteiger partial charge in [-0.3, -0.25) is 37.2 Å². The number of carbonyl (C=O) groups is 2. The number of hydrogen-bond donors (Lipinski definition) is 3. The summed E-state index contributed by atoms with van der Waals surface area (Å²) in [6, 6.07) is 53.9. The molecule has 94 heavy (non-hydrogen) atoms. The van der Waals surface area contributed by atoms with Crippen molar-refractivity contribution in [3.05, 3.63) is 261 Å². The van der Waals surface area contributed by atoms with Crippen LogP contribution < -0.4 is 34.8 Å². The molecule has 482 valence electrons. The highest BCUT2D eigenvalue weighted by Crippen LogP contribution is 2.56. The highest BCUT2D eigenvalue weighted by molar-refractivity contribution is 7.49. The van der Waals surface area contributed by atoms with Crippen molar-refractivity contribution in [1.29, 1.82) is 0 Å². The van der Waals surface area contributed by atoms with Crippen molar-refractivity contribution in [3.8, 4) is 23.0 Å². The third-order valence-electron chi connectivity index (χ3n) is 15.3. The first-order valence-electron chi connectivity index (χ1n) is 29.2. The van der Waals surface area contributed by atoms with E-state index < -0.39 is 82.2 Å². The zero-order chi connectivity index (χ0) is 65.4. The summed E-state index contributed by atoms with van der Waals surface area (Å²) in [4.78, 5) is 69.5. The average Bonchev–Trinajstić information content (AvgIpc) is 0.950. The summed E-state index contributed by atoms with van der Waals surface area (Å²) in [6.07, 6.45) is -4.08. The summed E-state index contributed by atoms with van der Waals surface area (Å²) < 4.78 is 95.3. The summed E-state index contributed by atoms with van der Waals surface area (Å²) in [5.74, 6) is 0.154. The van der Waals surface area contributed by atoms with Gasteiger partial charge in [0.2, 0.25) is 0 Å². The normalized spacial score (nSPS) is 19.2. The maximum absolute atomic E-state index is 16.0. The van der Waals surface area contributed by atoms with E-state index in [0.29, 0.717) is 49.4 Å². The van der Waals surface area contributed by atoms with Crippen LogP contribution in [0.5, 0.6) is 23.0 Å². The number of aromatic nitrogens is 6. The molecule has 2 aliphatic rings. The number of benzene rings is 7. The number of anilines is 2. The molecular formula is C66H58Cl2N8O16P2. The number of halogens is 2. The summed E-state index contributed by atoms with van der Waals surface area (Å²) >= 11 is 12.5. The molecule has 7 aromatic carbocycles. The zero-order valence-corrected chi connectivity index (χ0v) is 53.2. The van der Waals surface area contributed by atoms with Crippen LogP contribution in [-0.2, 0) is 42.5 Å². The van der Waals surface area contributed by atoms with E-state index in [1.54, 1.807) is 99.1 Å². The predicted molar refractivity (Wildman–Crippen MR) is 345 cm³/mol. The second-order valence-corrected chi connectivity index (χ2v) is 25.1. The molecule has 24 nitrogen and oxygen atoms in total. The van der Waals surface area contributed by atoms with E-state index in [1.165, 1.54) is 82.6 Å². The van der Waals surface area contributed by atoms with Gasteiger partial charge in [0.15, 0.2) is 17.0 Å². The Kier molecular flexibility index (Phi) is 19.8. The summed E-state index contributed by atoms with van der Waals surface area (Å²) in [7, 11) is -7.02. The number of phosphoric ester groups is 2. The number of hydrogen-bond acceptors (Lipinski definition) is 19. The Bertz CT molecular complexity index is 4390. The van der Waals surface area contributed by atoms with E-state index in [-0.39, 0.29) is 53.7 Å². The van der Waals surface area contributed by atoms with Crippen molar-refractivity contribution >= 4 is 73.5 Å². The van der Waals surface area contributed by atoms with E-state index in [9.17, 15) is 23.8 Å². The van der Waals surface area contributed by atoms with Gasteiger partial charge in [0, 0.05) is 40.2 Å². The number of ether oxygens (including phenoxy) is 5. The van der Waals surface area contributed by atoms with Crippen LogP contribution in [-0.4, -0.2) is 97.6 Å². The molecule has 2 saturated heterocycles. The Hall–Kier alpha value is -9.13. The number of phosphoric acid groups is 2. The molecular weight excluding hydrogens is 1290 g/mol. The van der Waals surface area contributed by atoms with Crippen molar-refractivity contribution < 1.29 is 69.9 Å². The minimum absolute atomic E-state index is 0.0272. The second kappa shape index (κ2) is 28.6. The van der Waals surface area contributed by atoms with Gasteiger partial charge in [-0.1, -0.05) is 114 Å². The molecule has 0 radical (unpaired) electrons. The van der Waals surface area contributed by atoms with Crippen LogP contribution in [0.4, 0.5) is 11.6 Å². The molecule has 3 N–H and O–H groups in total. The third kappa shape index (κ3) is 14.9. The number of nitrogens with zero attached hydrogens (tertiary/aromatic N) is 6. The van der Waals surface area contributed by atoms with E-state index >= 15 is 4.57 Å². The standard InChI is InChI=1S/C66H58Cl2N8O16P2/c1-83-49-26-18-45(19-27-49)66(44-16-10-5-11-17-44,46-20-28-50(84-2)29-21-46)85-38-55-54(37-58(87-55)75-35-34-57(73-65(75)79)72-63(77)42-12-6-3-7-13-42)92-94(82,90-52-32-24-48(68)25-33-52)86-39-56-53(91-93(80,81)89-51-30-22-47(67)23-31-51)36-59(88-56)76-41-71-60-61(69-40-70-62(60)76)74-64(78)43-14-8-4-9-15-43/h3-35,40-41,53-56,58-59H,36-39H2,1-2H3,(H,80,81)(H,69,70,74,78)(H,72,73,77,79)/t53-,54-,55+,56+,58+,59+,94?/m0/s1. The zero-order valence-electron chi connectivity index (χ0n) is 49.9. The van der Waals surface area contributed by atoms with Gasteiger partial charge >= 0.3 is 21.3 Å². The molecule has 8 atom stereocenters. The minimum Gasteiger partial charge on any atom is -0.497 e. The Morgan fingerprint density at radius 3 is 1.66 bits per heavy atom. The van der Waals surface area contributed by atoms with Gasteiger partial charge < -0.3 is 43.4 Å². The Balaban J connectivity index is 0.895. The molecule has 3 aromatic heterocycles. The number of nitrogens with one attached hydrogen (secondary N) is 2. The highest BCUT2D eigenvalue weighted by Gasteiger charge is 2.49. The fourth-order valence-electron chi connectivity index (χ4n) is 10.8. The summed E-state index contributed by atoms with van der Waals surface area (Å²) in [5.41, 5.74) is 0.818. The van der Waals surface area contributed by atoms with Gasteiger partial charge in [0.1, 0.15) is 77.6 Å². The number of rotatable bonds is 25. The van der Waals surface area contributed by atoms with E-state index in [1.807, 2.05) is 54.6 Å². The van der Waals surface area contributed by atoms with E-state index in [4.69, 9.17) is 69.5 Å². The highest BCUT2D eigenvalue weighted by atomic mass is 35.5. The molecule has 2 aliphatic heterocycles. The number of imidazole rings is 1. The fourth-order valence-corrected chi connectivity index (χ4v) is 13.5. The van der Waals surface area contributed by atoms with Crippen LogP contribution in [0.25, 0.3) is 11.2 Å². The lowest BCUT2D eigenvalue weighted by molar-refractivity contribution is -0.0948. The SMILES string of the molecule is COc1ccc(C(OC[C@H]2O[C@@H](n3ccc(NC(=O)c4ccccc4)nc3=O)C[C@@H]2OP(=O)(OC[C@H]2O[C@@H](n3cnc4c(NC(=O)c5ccccc5)ncnc43)C[C@@H]2OP(=O)(O)Oc2ccc(Cl)cc2)Oc2ccc(Cl)cc2)(c2ccccc2)c2ccc(OC)cc2)cc1. The van der Waals surface area contributed by atoms with Crippen LogP contribution in [0.2, 0.25) is 10.0 Å². The maximum atomic E-state index is 16.0. The van der Waals surface area contributed by atoms with Crippen molar-refractivity contribution in [3.63, 3.8) is 0 Å². The Morgan fingerprint density at radius 2 is 1.10 bits per heavy atom. The summed E-state index contributed by atoms with van der Waals surface area (Å²) in [5, 5.41) is 6.09. The first kappa shape index (κ1) is 65.0. The molecule has 10 aromatic rings. The fraction of sp³-hybridized carbons (Fsp3) is 0.197. The predicted octanol–water partition coefficient (Wildman–Crippen LogP) is 12.6. The number of amides is 2. The number of carbonyl (C=O) groups excluding carboxylic acids is 2. The van der Waals surface area contributed by atoms with Gasteiger partial charge in [0.25, 0.3) is 11.8 Å². The molecule has 0 spiro atoms. The molecule has 0 saturated carbocycles.